The van der Waals surface area contributed by atoms with E-state index >= 15 is 0 Å². The van der Waals surface area contributed by atoms with Gasteiger partial charge in [-0.1, -0.05) is 35.3 Å². The Morgan fingerprint density at radius 1 is 1.21 bits per heavy atom. The summed E-state index contributed by atoms with van der Waals surface area (Å²) in [6, 6.07) is 5.22. The summed E-state index contributed by atoms with van der Waals surface area (Å²) in [5.41, 5.74) is -0.293. The van der Waals surface area contributed by atoms with E-state index in [2.05, 4.69) is 0 Å². The number of benzene rings is 1. The van der Waals surface area contributed by atoms with E-state index in [4.69, 9.17) is 23.2 Å². The van der Waals surface area contributed by atoms with E-state index in [9.17, 15) is 5.11 Å². The Hall–Kier alpha value is 1.01. The van der Waals surface area contributed by atoms with E-state index in [1.807, 2.05) is 0 Å². The summed E-state index contributed by atoms with van der Waals surface area (Å²) in [4.78, 5) is 0. The first-order valence-corrected chi connectivity index (χ1v) is 4.35. The zero-order valence-corrected chi connectivity index (χ0v) is 12.5. The van der Waals surface area contributed by atoms with Crippen molar-refractivity contribution in [2.24, 2.45) is 0 Å². The van der Waals surface area contributed by atoms with Gasteiger partial charge in [0.2, 0.25) is 0 Å². The molecule has 1 rings (SSSR count). The van der Waals surface area contributed by atoms with Gasteiger partial charge in [-0.2, -0.15) is 0 Å². The second-order valence-corrected chi connectivity index (χ2v) is 3.95. The van der Waals surface area contributed by atoms with Crippen molar-refractivity contribution in [2.45, 2.75) is 19.4 Å². The summed E-state index contributed by atoms with van der Waals surface area (Å²) < 4.78 is 0. The summed E-state index contributed by atoms with van der Waals surface area (Å²) in [5, 5.41) is 10.5. The van der Waals surface area contributed by atoms with Gasteiger partial charge >= 0.3 is 23.1 Å². The standard InChI is InChI=1S/C9H10Cl2O.BrH.Mg/c1-9(2,12)6-4-3-5-7(10)8(6)11;;/h3-5,12H,1-2H3;1H;/q;;+2/p-1. The molecule has 5 heteroatoms. The Balaban J connectivity index is 0. The molecular weight excluding hydrogens is 299 g/mol. The molecule has 0 saturated carbocycles. The van der Waals surface area contributed by atoms with Crippen molar-refractivity contribution < 1.29 is 22.1 Å². The van der Waals surface area contributed by atoms with Gasteiger partial charge in [0.05, 0.1) is 15.6 Å². The van der Waals surface area contributed by atoms with Crippen LogP contribution in [0, 0.1) is 0 Å². The summed E-state index contributed by atoms with van der Waals surface area (Å²) in [5.74, 6) is 0. The minimum absolute atomic E-state index is 0. The van der Waals surface area contributed by atoms with Gasteiger partial charge in [-0.25, -0.2) is 0 Å². The molecule has 1 aromatic carbocycles. The maximum atomic E-state index is 9.65. The smallest absolute Gasteiger partial charge is 1.00 e. The van der Waals surface area contributed by atoms with Crippen LogP contribution in [0.3, 0.4) is 0 Å². The number of hydrogen-bond acceptors (Lipinski definition) is 1. The molecule has 14 heavy (non-hydrogen) atoms. The summed E-state index contributed by atoms with van der Waals surface area (Å²) in [6.45, 7) is 3.34. The largest absolute Gasteiger partial charge is 2.00 e. The molecular formula is C9H10BrCl2MgO+. The van der Waals surface area contributed by atoms with E-state index in [-0.39, 0.29) is 40.0 Å². The Morgan fingerprint density at radius 3 is 2.07 bits per heavy atom. The monoisotopic (exact) mass is 307 g/mol. The number of hydrogen-bond donors (Lipinski definition) is 1. The molecule has 0 aliphatic rings. The predicted octanol–water partition coefficient (Wildman–Crippen LogP) is -0.156. The van der Waals surface area contributed by atoms with Gasteiger partial charge in [-0.3, -0.25) is 0 Å². The molecule has 0 aromatic heterocycles. The maximum Gasteiger partial charge on any atom is 2.00 e. The van der Waals surface area contributed by atoms with Gasteiger partial charge in [-0.05, 0) is 19.9 Å². The Morgan fingerprint density at radius 2 is 1.71 bits per heavy atom. The molecule has 0 aliphatic heterocycles. The van der Waals surface area contributed by atoms with E-state index in [1.54, 1.807) is 32.0 Å². The van der Waals surface area contributed by atoms with E-state index in [0.717, 1.165) is 0 Å². The zero-order valence-electron chi connectivity index (χ0n) is 8.02. The quantitative estimate of drug-likeness (QED) is 0.715. The minimum Gasteiger partial charge on any atom is -1.00 e. The van der Waals surface area contributed by atoms with E-state index < -0.39 is 5.60 Å². The molecule has 0 unspecified atom stereocenters. The van der Waals surface area contributed by atoms with Gasteiger partial charge < -0.3 is 22.1 Å². The van der Waals surface area contributed by atoms with Crippen LogP contribution in [-0.4, -0.2) is 28.2 Å². The van der Waals surface area contributed by atoms with Crippen LogP contribution in [-0.2, 0) is 5.60 Å². The molecule has 0 atom stereocenters. The van der Waals surface area contributed by atoms with Gasteiger partial charge in [0, 0.05) is 5.56 Å². The molecule has 1 aromatic rings. The van der Waals surface area contributed by atoms with Gasteiger partial charge in [0.1, 0.15) is 0 Å². The van der Waals surface area contributed by atoms with Gasteiger partial charge in [0.25, 0.3) is 0 Å². The molecule has 1 nitrogen and oxygen atoms in total. The summed E-state index contributed by atoms with van der Waals surface area (Å²) in [7, 11) is 0. The van der Waals surface area contributed by atoms with Crippen molar-refractivity contribution in [3.8, 4) is 0 Å². The molecule has 0 saturated heterocycles. The first kappa shape index (κ1) is 17.4. The molecule has 0 amide bonds. The summed E-state index contributed by atoms with van der Waals surface area (Å²) in [6.07, 6.45) is 0. The minimum atomic E-state index is -0.942. The summed E-state index contributed by atoms with van der Waals surface area (Å²) >= 11 is 11.7. The third-order valence-corrected chi connectivity index (χ3v) is 2.43. The van der Waals surface area contributed by atoms with Crippen LogP contribution in [0.1, 0.15) is 19.4 Å². The molecule has 0 fully saturated rings. The Bertz CT molecular complexity index is 299. The predicted molar refractivity (Wildman–Crippen MR) is 57.5 cm³/mol. The fourth-order valence-corrected chi connectivity index (χ4v) is 1.51. The first-order valence-electron chi connectivity index (χ1n) is 3.60. The molecule has 0 bridgehead atoms. The van der Waals surface area contributed by atoms with Crippen molar-refractivity contribution in [1.29, 1.82) is 0 Å². The van der Waals surface area contributed by atoms with Crippen molar-refractivity contribution in [1.82, 2.24) is 0 Å². The average Bonchev–Trinajstić information content (AvgIpc) is 1.92. The Labute approximate surface area is 121 Å². The van der Waals surface area contributed by atoms with Crippen LogP contribution in [0.5, 0.6) is 0 Å². The maximum absolute atomic E-state index is 9.65. The molecule has 0 heterocycles. The average molecular weight is 309 g/mol. The van der Waals surface area contributed by atoms with Crippen molar-refractivity contribution in [3.63, 3.8) is 0 Å². The van der Waals surface area contributed by atoms with Crippen LogP contribution in [0.2, 0.25) is 10.0 Å². The normalized spacial score (nSPS) is 10.1. The van der Waals surface area contributed by atoms with Crippen molar-refractivity contribution in [3.05, 3.63) is 33.8 Å². The number of halogens is 3. The van der Waals surface area contributed by atoms with Crippen LogP contribution in [0.4, 0.5) is 0 Å². The van der Waals surface area contributed by atoms with E-state index in [1.165, 1.54) is 0 Å². The van der Waals surface area contributed by atoms with Crippen LogP contribution in [0.25, 0.3) is 0 Å². The fraction of sp³-hybridized carbons (Fsp3) is 0.333. The molecule has 0 spiro atoms. The fourth-order valence-electron chi connectivity index (χ4n) is 0.976. The van der Waals surface area contributed by atoms with Gasteiger partial charge in [-0.15, -0.1) is 0 Å². The molecule has 0 aliphatic carbocycles. The third-order valence-electron chi connectivity index (χ3n) is 1.61. The van der Waals surface area contributed by atoms with Crippen LogP contribution >= 0.6 is 23.2 Å². The van der Waals surface area contributed by atoms with Crippen molar-refractivity contribution >= 4 is 46.3 Å². The Kier molecular flexibility index (Phi) is 8.15. The molecule has 0 radical (unpaired) electrons. The molecule has 1 N–H and O–H groups in total. The number of rotatable bonds is 1. The SMILES string of the molecule is CC(C)(O)c1cccc(Cl)c1Cl.[Br-].[Mg+2]. The van der Waals surface area contributed by atoms with Crippen LogP contribution < -0.4 is 17.0 Å². The topological polar surface area (TPSA) is 20.2 Å². The second-order valence-electron chi connectivity index (χ2n) is 3.16. The first-order chi connectivity index (χ1) is 5.43. The molecule has 74 valence electrons. The van der Waals surface area contributed by atoms with Crippen LogP contribution in [0.15, 0.2) is 18.2 Å². The third kappa shape index (κ3) is 4.25. The van der Waals surface area contributed by atoms with E-state index in [0.29, 0.717) is 15.6 Å². The van der Waals surface area contributed by atoms with Gasteiger partial charge in [0.15, 0.2) is 0 Å². The van der Waals surface area contributed by atoms with Crippen molar-refractivity contribution in [2.75, 3.05) is 0 Å². The second kappa shape index (κ2) is 6.56. The zero-order chi connectivity index (χ0) is 9.35. The number of aliphatic hydroxyl groups is 1.